The second-order valence-electron chi connectivity index (χ2n) is 5.23. The van der Waals surface area contributed by atoms with Gasteiger partial charge in [-0.2, -0.15) is 0 Å². The number of hydrogen-bond acceptors (Lipinski definition) is 1. The third kappa shape index (κ3) is 1.39. The third-order valence-electron chi connectivity index (χ3n) is 3.76. The van der Waals surface area contributed by atoms with Gasteiger partial charge in [0.2, 0.25) is 0 Å². The first kappa shape index (κ1) is 8.55. The van der Waals surface area contributed by atoms with Crippen LogP contribution in [0.3, 0.4) is 0 Å². The van der Waals surface area contributed by atoms with Crippen LogP contribution in [0.15, 0.2) is 0 Å². The molecule has 2 fully saturated rings. The van der Waals surface area contributed by atoms with Gasteiger partial charge in [0.25, 0.3) is 0 Å². The fraction of sp³-hybridized carbons (Fsp3) is 1.00. The van der Waals surface area contributed by atoms with Crippen LogP contribution in [0.5, 0.6) is 0 Å². The first-order valence-corrected chi connectivity index (χ1v) is 5.40. The van der Waals surface area contributed by atoms with Crippen molar-refractivity contribution >= 4 is 0 Å². The van der Waals surface area contributed by atoms with Crippen molar-refractivity contribution in [1.82, 2.24) is 5.32 Å². The second kappa shape index (κ2) is 2.73. The highest BCUT2D eigenvalue weighted by molar-refractivity contribution is 5.06. The Morgan fingerprint density at radius 2 is 1.83 bits per heavy atom. The molecule has 2 saturated carbocycles. The first-order chi connectivity index (χ1) is 5.62. The van der Waals surface area contributed by atoms with Gasteiger partial charge in [0, 0.05) is 11.6 Å². The van der Waals surface area contributed by atoms with Crippen LogP contribution in [0.2, 0.25) is 0 Å². The van der Waals surface area contributed by atoms with Crippen molar-refractivity contribution in [3.8, 4) is 0 Å². The topological polar surface area (TPSA) is 12.0 Å². The van der Waals surface area contributed by atoms with Crippen LogP contribution in [0.1, 0.15) is 46.5 Å². The highest BCUT2D eigenvalue weighted by Crippen LogP contribution is 2.44. The van der Waals surface area contributed by atoms with Crippen molar-refractivity contribution in [1.29, 1.82) is 0 Å². The zero-order valence-electron chi connectivity index (χ0n) is 8.56. The summed E-state index contributed by atoms with van der Waals surface area (Å²) in [6.45, 7) is 7.05. The summed E-state index contributed by atoms with van der Waals surface area (Å²) in [6.07, 6.45) is 5.65. The molecule has 0 heterocycles. The molecule has 0 unspecified atom stereocenters. The Kier molecular flexibility index (Phi) is 1.95. The minimum absolute atomic E-state index is 0.560. The number of rotatable bonds is 3. The summed E-state index contributed by atoms with van der Waals surface area (Å²) in [7, 11) is 0. The van der Waals surface area contributed by atoms with E-state index in [0.29, 0.717) is 5.54 Å². The molecular weight excluding hydrogens is 146 g/mol. The Balaban J connectivity index is 1.79. The summed E-state index contributed by atoms with van der Waals surface area (Å²) in [5.41, 5.74) is 0.560. The molecule has 0 radical (unpaired) electrons. The summed E-state index contributed by atoms with van der Waals surface area (Å²) < 4.78 is 0. The van der Waals surface area contributed by atoms with E-state index < -0.39 is 0 Å². The Morgan fingerprint density at radius 3 is 2.17 bits per heavy atom. The summed E-state index contributed by atoms with van der Waals surface area (Å²) in [5.74, 6) is 1.80. The van der Waals surface area contributed by atoms with E-state index in [-0.39, 0.29) is 0 Å². The maximum Gasteiger partial charge on any atom is 0.0208 e. The maximum atomic E-state index is 3.83. The van der Waals surface area contributed by atoms with Gasteiger partial charge in [-0.15, -0.1) is 0 Å². The summed E-state index contributed by atoms with van der Waals surface area (Å²) in [4.78, 5) is 0. The van der Waals surface area contributed by atoms with Crippen molar-refractivity contribution in [3.63, 3.8) is 0 Å². The molecule has 12 heavy (non-hydrogen) atoms. The van der Waals surface area contributed by atoms with Gasteiger partial charge in [-0.1, -0.05) is 20.8 Å². The normalized spacial score (nSPS) is 38.0. The molecule has 1 N–H and O–H groups in total. The van der Waals surface area contributed by atoms with Gasteiger partial charge in [0.15, 0.2) is 0 Å². The van der Waals surface area contributed by atoms with Gasteiger partial charge < -0.3 is 5.32 Å². The molecule has 0 spiro atoms. The molecule has 0 amide bonds. The smallest absolute Gasteiger partial charge is 0.0208 e. The fourth-order valence-electron chi connectivity index (χ4n) is 2.45. The third-order valence-corrected chi connectivity index (χ3v) is 3.76. The van der Waals surface area contributed by atoms with Crippen LogP contribution in [-0.2, 0) is 0 Å². The van der Waals surface area contributed by atoms with Crippen molar-refractivity contribution in [2.24, 2.45) is 11.8 Å². The molecule has 2 rings (SSSR count). The molecule has 2 aliphatic carbocycles. The van der Waals surface area contributed by atoms with Crippen molar-refractivity contribution in [2.75, 3.05) is 0 Å². The van der Waals surface area contributed by atoms with Crippen molar-refractivity contribution in [2.45, 2.75) is 58.0 Å². The Bertz CT molecular complexity index is 164. The van der Waals surface area contributed by atoms with E-state index in [1.54, 1.807) is 0 Å². The Hall–Kier alpha value is -0.0400. The monoisotopic (exact) mass is 167 g/mol. The van der Waals surface area contributed by atoms with Crippen LogP contribution >= 0.6 is 0 Å². The number of nitrogens with one attached hydrogen (secondary N) is 1. The van der Waals surface area contributed by atoms with Crippen molar-refractivity contribution < 1.29 is 0 Å². The minimum atomic E-state index is 0.560. The molecule has 0 bridgehead atoms. The van der Waals surface area contributed by atoms with Gasteiger partial charge in [-0.05, 0) is 37.5 Å². The van der Waals surface area contributed by atoms with E-state index in [4.69, 9.17) is 0 Å². The SMILES string of the molecule is CC1CC(NC2(C(C)C)CC2)C1. The molecule has 1 heteroatoms. The van der Waals surface area contributed by atoms with Crippen LogP contribution in [0, 0.1) is 11.8 Å². The van der Waals surface area contributed by atoms with E-state index >= 15 is 0 Å². The molecule has 70 valence electrons. The van der Waals surface area contributed by atoms with Gasteiger partial charge >= 0.3 is 0 Å². The van der Waals surface area contributed by atoms with E-state index in [0.717, 1.165) is 17.9 Å². The summed E-state index contributed by atoms with van der Waals surface area (Å²) in [6, 6.07) is 0.852. The van der Waals surface area contributed by atoms with E-state index in [9.17, 15) is 0 Å². The van der Waals surface area contributed by atoms with Gasteiger partial charge in [-0.25, -0.2) is 0 Å². The standard InChI is InChI=1S/C11H21N/c1-8(2)11(4-5-11)12-10-6-9(3)7-10/h8-10,12H,4-7H2,1-3H3. The molecule has 0 aliphatic heterocycles. The largest absolute Gasteiger partial charge is 0.308 e. The Morgan fingerprint density at radius 1 is 1.25 bits per heavy atom. The lowest BCUT2D eigenvalue weighted by molar-refractivity contribution is 0.196. The average molecular weight is 167 g/mol. The Labute approximate surface area is 75.9 Å². The molecule has 2 aliphatic rings. The predicted octanol–water partition coefficient (Wildman–Crippen LogP) is 2.56. The first-order valence-electron chi connectivity index (χ1n) is 5.40. The van der Waals surface area contributed by atoms with E-state index in [1.165, 1.54) is 25.7 Å². The lowest BCUT2D eigenvalue weighted by Crippen LogP contribution is -2.49. The predicted molar refractivity (Wildman–Crippen MR) is 52.1 cm³/mol. The minimum Gasteiger partial charge on any atom is -0.308 e. The molecule has 0 atom stereocenters. The molecule has 1 nitrogen and oxygen atoms in total. The van der Waals surface area contributed by atoms with Crippen LogP contribution in [0.4, 0.5) is 0 Å². The lowest BCUT2D eigenvalue weighted by Gasteiger charge is -2.38. The zero-order valence-corrected chi connectivity index (χ0v) is 8.56. The zero-order chi connectivity index (χ0) is 8.77. The van der Waals surface area contributed by atoms with E-state index in [2.05, 4.69) is 26.1 Å². The van der Waals surface area contributed by atoms with E-state index in [1.807, 2.05) is 0 Å². The summed E-state index contributed by atoms with van der Waals surface area (Å²) >= 11 is 0. The van der Waals surface area contributed by atoms with Crippen LogP contribution in [-0.4, -0.2) is 11.6 Å². The number of hydrogen-bond donors (Lipinski definition) is 1. The highest BCUT2D eigenvalue weighted by atomic mass is 15.1. The van der Waals surface area contributed by atoms with Gasteiger partial charge in [0.05, 0.1) is 0 Å². The molecule has 0 aromatic carbocycles. The molecule has 0 aromatic heterocycles. The average Bonchev–Trinajstić information content (AvgIpc) is 2.66. The second-order valence-corrected chi connectivity index (χ2v) is 5.23. The molecule has 0 saturated heterocycles. The van der Waals surface area contributed by atoms with Crippen LogP contribution < -0.4 is 5.32 Å². The van der Waals surface area contributed by atoms with Gasteiger partial charge in [0.1, 0.15) is 0 Å². The molecular formula is C11H21N. The van der Waals surface area contributed by atoms with Crippen LogP contribution in [0.25, 0.3) is 0 Å². The highest BCUT2D eigenvalue weighted by Gasteiger charge is 2.47. The fourth-order valence-corrected chi connectivity index (χ4v) is 2.45. The lowest BCUT2D eigenvalue weighted by atomic mass is 9.80. The maximum absolute atomic E-state index is 3.83. The summed E-state index contributed by atoms with van der Waals surface area (Å²) in [5, 5.41) is 3.83. The van der Waals surface area contributed by atoms with Crippen molar-refractivity contribution in [3.05, 3.63) is 0 Å². The molecule has 0 aromatic rings. The van der Waals surface area contributed by atoms with Gasteiger partial charge in [-0.3, -0.25) is 0 Å². The quantitative estimate of drug-likeness (QED) is 0.681.